The summed E-state index contributed by atoms with van der Waals surface area (Å²) in [6, 6.07) is 3.38. The lowest BCUT2D eigenvalue weighted by Gasteiger charge is -2.33. The Morgan fingerprint density at radius 3 is 2.39 bits per heavy atom. The maximum Gasteiger partial charge on any atom is 0.254 e. The molecule has 1 amide bonds. The summed E-state index contributed by atoms with van der Waals surface area (Å²) in [5.74, 6) is 1.40. The van der Waals surface area contributed by atoms with Gasteiger partial charge in [-0.3, -0.25) is 4.79 Å². The van der Waals surface area contributed by atoms with Crippen LogP contribution < -0.4 is 14.2 Å². The van der Waals surface area contributed by atoms with E-state index in [0.717, 1.165) is 12.8 Å². The number of morpholine rings is 1. The first kappa shape index (κ1) is 17.4. The second-order valence-electron chi connectivity index (χ2n) is 5.45. The van der Waals surface area contributed by atoms with Crippen LogP contribution in [-0.4, -0.2) is 57.9 Å². The van der Waals surface area contributed by atoms with Crippen LogP contribution in [0.3, 0.4) is 0 Å². The molecule has 23 heavy (non-hydrogen) atoms. The summed E-state index contributed by atoms with van der Waals surface area (Å²) < 4.78 is 21.6. The summed E-state index contributed by atoms with van der Waals surface area (Å²) in [6.07, 6.45) is 2.11. The molecule has 1 saturated heterocycles. The fraction of sp³-hybridized carbons (Fsp3) is 0.588. The van der Waals surface area contributed by atoms with Crippen LogP contribution in [0.4, 0.5) is 0 Å². The van der Waals surface area contributed by atoms with Gasteiger partial charge in [-0.15, -0.1) is 0 Å². The van der Waals surface area contributed by atoms with Gasteiger partial charge in [-0.05, 0) is 18.6 Å². The lowest BCUT2D eigenvalue weighted by molar-refractivity contribution is -0.0250. The zero-order chi connectivity index (χ0) is 16.8. The summed E-state index contributed by atoms with van der Waals surface area (Å²) >= 11 is 0. The molecule has 128 valence electrons. The van der Waals surface area contributed by atoms with Crippen LogP contribution in [0.5, 0.6) is 17.2 Å². The number of amides is 1. The number of benzene rings is 1. The van der Waals surface area contributed by atoms with Crippen LogP contribution in [0.1, 0.15) is 30.1 Å². The second kappa shape index (κ2) is 8.06. The van der Waals surface area contributed by atoms with Crippen LogP contribution in [-0.2, 0) is 4.74 Å². The smallest absolute Gasteiger partial charge is 0.254 e. The molecule has 0 N–H and O–H groups in total. The molecule has 1 aliphatic heterocycles. The number of ether oxygens (including phenoxy) is 4. The molecule has 1 unspecified atom stereocenters. The average Bonchev–Trinajstić information content (AvgIpc) is 2.60. The topological polar surface area (TPSA) is 57.2 Å². The Bertz CT molecular complexity index is 519. The monoisotopic (exact) mass is 323 g/mol. The molecule has 0 bridgehead atoms. The second-order valence-corrected chi connectivity index (χ2v) is 5.45. The highest BCUT2D eigenvalue weighted by molar-refractivity contribution is 5.95. The predicted molar refractivity (Wildman–Crippen MR) is 86.6 cm³/mol. The van der Waals surface area contributed by atoms with Crippen LogP contribution in [0.15, 0.2) is 12.1 Å². The van der Waals surface area contributed by atoms with E-state index in [-0.39, 0.29) is 12.0 Å². The van der Waals surface area contributed by atoms with Gasteiger partial charge in [0.15, 0.2) is 11.5 Å². The standard InChI is InChI=1S/C17H25NO5/c1-5-6-13-11-18(7-8-23-13)17(19)12-9-14(20-2)16(22-4)15(10-12)21-3/h9-10,13H,5-8,11H2,1-4H3. The first-order valence-corrected chi connectivity index (χ1v) is 7.85. The summed E-state index contributed by atoms with van der Waals surface area (Å²) in [5, 5.41) is 0. The number of hydrogen-bond donors (Lipinski definition) is 0. The average molecular weight is 323 g/mol. The fourth-order valence-electron chi connectivity index (χ4n) is 2.79. The summed E-state index contributed by atoms with van der Waals surface area (Å²) in [4.78, 5) is 14.6. The highest BCUT2D eigenvalue weighted by Crippen LogP contribution is 2.38. The Hall–Kier alpha value is -1.95. The van der Waals surface area contributed by atoms with Gasteiger partial charge in [0.1, 0.15) is 0 Å². The number of nitrogens with zero attached hydrogens (tertiary/aromatic N) is 1. The van der Waals surface area contributed by atoms with Crippen molar-refractivity contribution in [3.63, 3.8) is 0 Å². The first-order chi connectivity index (χ1) is 11.1. The van der Waals surface area contributed by atoms with E-state index >= 15 is 0 Å². The SMILES string of the molecule is CCCC1CN(C(=O)c2cc(OC)c(OC)c(OC)c2)CCO1. The van der Waals surface area contributed by atoms with Crippen molar-refractivity contribution in [2.45, 2.75) is 25.9 Å². The Kier molecular flexibility index (Phi) is 6.10. The number of hydrogen-bond acceptors (Lipinski definition) is 5. The zero-order valence-corrected chi connectivity index (χ0v) is 14.3. The van der Waals surface area contributed by atoms with Crippen LogP contribution in [0.2, 0.25) is 0 Å². The molecule has 1 aliphatic rings. The van der Waals surface area contributed by atoms with Crippen molar-refractivity contribution in [2.24, 2.45) is 0 Å². The molecule has 1 aromatic carbocycles. The molecule has 1 fully saturated rings. The van der Waals surface area contributed by atoms with E-state index < -0.39 is 0 Å². The maximum atomic E-state index is 12.8. The Morgan fingerprint density at radius 1 is 1.22 bits per heavy atom. The van der Waals surface area contributed by atoms with Crippen LogP contribution >= 0.6 is 0 Å². The van der Waals surface area contributed by atoms with E-state index in [2.05, 4.69) is 6.92 Å². The number of carbonyl (C=O) groups is 1. The quantitative estimate of drug-likeness (QED) is 0.804. The molecule has 0 saturated carbocycles. The Balaban J connectivity index is 2.24. The molecule has 0 radical (unpaired) electrons. The maximum absolute atomic E-state index is 12.8. The molecule has 1 heterocycles. The summed E-state index contributed by atoms with van der Waals surface area (Å²) in [6.45, 7) is 3.89. The summed E-state index contributed by atoms with van der Waals surface area (Å²) in [5.41, 5.74) is 0.525. The van der Waals surface area contributed by atoms with Crippen molar-refractivity contribution in [1.29, 1.82) is 0 Å². The van der Waals surface area contributed by atoms with Crippen molar-refractivity contribution >= 4 is 5.91 Å². The largest absolute Gasteiger partial charge is 0.493 e. The van der Waals surface area contributed by atoms with E-state index in [0.29, 0.717) is 42.5 Å². The van der Waals surface area contributed by atoms with Gasteiger partial charge in [0.05, 0.1) is 34.0 Å². The highest BCUT2D eigenvalue weighted by Gasteiger charge is 2.26. The van der Waals surface area contributed by atoms with E-state index in [9.17, 15) is 4.79 Å². The van der Waals surface area contributed by atoms with Gasteiger partial charge >= 0.3 is 0 Å². The van der Waals surface area contributed by atoms with E-state index in [1.54, 1.807) is 19.2 Å². The normalized spacial score (nSPS) is 17.7. The molecule has 6 heteroatoms. The predicted octanol–water partition coefficient (Wildman–Crippen LogP) is 2.35. The third-order valence-corrected chi connectivity index (χ3v) is 3.95. The van der Waals surface area contributed by atoms with Gasteiger partial charge in [0, 0.05) is 18.7 Å². The molecule has 2 rings (SSSR count). The lowest BCUT2D eigenvalue weighted by atomic mass is 10.1. The first-order valence-electron chi connectivity index (χ1n) is 7.85. The highest BCUT2D eigenvalue weighted by atomic mass is 16.5. The van der Waals surface area contributed by atoms with Gasteiger partial charge in [-0.2, -0.15) is 0 Å². The molecule has 0 aromatic heterocycles. The number of carbonyl (C=O) groups excluding carboxylic acids is 1. The number of rotatable bonds is 6. The van der Waals surface area contributed by atoms with Crippen LogP contribution in [0, 0.1) is 0 Å². The third-order valence-electron chi connectivity index (χ3n) is 3.95. The van der Waals surface area contributed by atoms with E-state index in [1.807, 2.05) is 4.90 Å². The Labute approximate surface area is 137 Å². The summed E-state index contributed by atoms with van der Waals surface area (Å²) in [7, 11) is 4.62. The molecule has 0 aliphatic carbocycles. The minimum absolute atomic E-state index is 0.0475. The molecule has 1 aromatic rings. The van der Waals surface area contributed by atoms with Gasteiger partial charge < -0.3 is 23.8 Å². The van der Waals surface area contributed by atoms with Crippen LogP contribution in [0.25, 0.3) is 0 Å². The van der Waals surface area contributed by atoms with Gasteiger partial charge in [0.25, 0.3) is 5.91 Å². The van der Waals surface area contributed by atoms with Gasteiger partial charge in [0.2, 0.25) is 5.75 Å². The number of methoxy groups -OCH3 is 3. The molecule has 1 atom stereocenters. The minimum Gasteiger partial charge on any atom is -0.493 e. The molecular formula is C17H25NO5. The minimum atomic E-state index is -0.0475. The Morgan fingerprint density at radius 2 is 1.87 bits per heavy atom. The lowest BCUT2D eigenvalue weighted by Crippen LogP contribution is -2.45. The molecule has 6 nitrogen and oxygen atoms in total. The van der Waals surface area contributed by atoms with Crippen molar-refractivity contribution in [3.05, 3.63) is 17.7 Å². The van der Waals surface area contributed by atoms with Gasteiger partial charge in [-0.1, -0.05) is 13.3 Å². The fourth-order valence-corrected chi connectivity index (χ4v) is 2.79. The van der Waals surface area contributed by atoms with E-state index in [1.165, 1.54) is 14.2 Å². The van der Waals surface area contributed by atoms with Crippen molar-refractivity contribution < 1.29 is 23.7 Å². The third kappa shape index (κ3) is 3.88. The zero-order valence-electron chi connectivity index (χ0n) is 14.3. The molecule has 0 spiro atoms. The van der Waals surface area contributed by atoms with Crippen molar-refractivity contribution in [3.8, 4) is 17.2 Å². The van der Waals surface area contributed by atoms with E-state index in [4.69, 9.17) is 18.9 Å². The van der Waals surface area contributed by atoms with Crippen molar-refractivity contribution in [2.75, 3.05) is 41.0 Å². The van der Waals surface area contributed by atoms with Crippen molar-refractivity contribution in [1.82, 2.24) is 4.90 Å². The van der Waals surface area contributed by atoms with Gasteiger partial charge in [-0.25, -0.2) is 0 Å². The molecular weight excluding hydrogens is 298 g/mol.